The molecule has 0 bridgehead atoms. The van der Waals surface area contributed by atoms with Crippen LogP contribution in [-0.2, 0) is 14.6 Å². The first-order chi connectivity index (χ1) is 11.7. The minimum atomic E-state index is -4.82. The summed E-state index contributed by atoms with van der Waals surface area (Å²) in [4.78, 5) is 11.4. The van der Waals surface area contributed by atoms with E-state index in [-0.39, 0.29) is 12.3 Å². The summed E-state index contributed by atoms with van der Waals surface area (Å²) in [7, 11) is -4.82. The Bertz CT molecular complexity index is 882. The molecule has 8 heteroatoms. The second kappa shape index (κ2) is 7.60. The van der Waals surface area contributed by atoms with Gasteiger partial charge in [0, 0.05) is 0 Å². The van der Waals surface area contributed by atoms with Gasteiger partial charge in [-0.1, -0.05) is 24.3 Å². The highest BCUT2D eigenvalue weighted by atomic mass is 32.2. The molecule has 0 aliphatic carbocycles. The minimum Gasteiger partial charge on any atom is -0.483 e. The van der Waals surface area contributed by atoms with E-state index in [1.165, 1.54) is 18.2 Å². The van der Waals surface area contributed by atoms with Crippen LogP contribution in [0, 0.1) is 13.8 Å². The summed E-state index contributed by atoms with van der Waals surface area (Å²) in [5, 5.41) is 2.30. The molecule has 0 radical (unpaired) electrons. The number of alkyl halides is 2. The minimum absolute atomic E-state index is 0.211. The molecule has 0 aliphatic heterocycles. The number of hydrogen-bond donors (Lipinski definition) is 1. The van der Waals surface area contributed by atoms with Crippen LogP contribution >= 0.6 is 0 Å². The first kappa shape index (κ1) is 18.9. The van der Waals surface area contributed by atoms with Crippen LogP contribution in [0.15, 0.2) is 47.4 Å². The van der Waals surface area contributed by atoms with Crippen LogP contribution in [0.4, 0.5) is 14.5 Å². The molecule has 2 rings (SSSR count). The van der Waals surface area contributed by atoms with Crippen LogP contribution < -0.4 is 10.1 Å². The zero-order chi connectivity index (χ0) is 18.6. The van der Waals surface area contributed by atoms with Gasteiger partial charge in [0.15, 0.2) is 6.61 Å². The van der Waals surface area contributed by atoms with Crippen molar-refractivity contribution in [3.8, 4) is 5.75 Å². The van der Waals surface area contributed by atoms with Gasteiger partial charge in [0.25, 0.3) is 5.91 Å². The molecule has 5 nitrogen and oxygen atoms in total. The normalized spacial score (nSPS) is 11.4. The third-order valence-electron chi connectivity index (χ3n) is 3.40. The Balaban J connectivity index is 2.13. The highest BCUT2D eigenvalue weighted by molar-refractivity contribution is 7.91. The molecule has 25 heavy (non-hydrogen) atoms. The number of sulfone groups is 1. The van der Waals surface area contributed by atoms with E-state index in [9.17, 15) is 22.0 Å². The van der Waals surface area contributed by atoms with Crippen molar-refractivity contribution in [3.63, 3.8) is 0 Å². The number of ether oxygens (including phenoxy) is 1. The molecule has 0 spiro atoms. The van der Waals surface area contributed by atoms with Gasteiger partial charge in [-0.05, 0) is 43.2 Å². The summed E-state index contributed by atoms with van der Waals surface area (Å²) in [6, 6.07) is 10.5. The molecule has 0 saturated heterocycles. The molecule has 0 aromatic heterocycles. The van der Waals surface area contributed by atoms with Gasteiger partial charge in [-0.3, -0.25) is 4.79 Å². The number of aryl methyl sites for hydroxylation is 2. The summed E-state index contributed by atoms with van der Waals surface area (Å²) < 4.78 is 54.2. The Labute approximate surface area is 144 Å². The van der Waals surface area contributed by atoms with Crippen LogP contribution in [-0.4, -0.2) is 26.7 Å². The van der Waals surface area contributed by atoms with Crippen LogP contribution in [0.25, 0.3) is 0 Å². The summed E-state index contributed by atoms with van der Waals surface area (Å²) in [5.41, 5.74) is 1.57. The van der Waals surface area contributed by atoms with E-state index in [4.69, 9.17) is 4.74 Å². The smallest absolute Gasteiger partial charge is 0.341 e. The van der Waals surface area contributed by atoms with Crippen molar-refractivity contribution in [2.75, 3.05) is 11.9 Å². The Morgan fingerprint density at radius 1 is 1.16 bits per heavy atom. The molecule has 1 N–H and O–H groups in total. The first-order valence-electron chi connectivity index (χ1n) is 7.33. The predicted molar refractivity (Wildman–Crippen MR) is 89.7 cm³/mol. The van der Waals surface area contributed by atoms with Gasteiger partial charge >= 0.3 is 5.76 Å². The van der Waals surface area contributed by atoms with E-state index in [2.05, 4.69) is 5.32 Å². The van der Waals surface area contributed by atoms with Crippen molar-refractivity contribution in [2.24, 2.45) is 0 Å². The lowest BCUT2D eigenvalue weighted by Gasteiger charge is -2.13. The monoisotopic (exact) mass is 369 g/mol. The fraction of sp³-hybridized carbons (Fsp3) is 0.235. The number of hydrogen-bond acceptors (Lipinski definition) is 4. The second-order valence-electron chi connectivity index (χ2n) is 5.41. The molecular weight excluding hydrogens is 352 g/mol. The van der Waals surface area contributed by atoms with Gasteiger partial charge in [-0.2, -0.15) is 8.78 Å². The highest BCUT2D eigenvalue weighted by Gasteiger charge is 2.29. The zero-order valence-corrected chi connectivity index (χ0v) is 14.4. The number of halogens is 2. The van der Waals surface area contributed by atoms with Crippen LogP contribution in [0.1, 0.15) is 11.1 Å². The van der Waals surface area contributed by atoms with Gasteiger partial charge in [-0.15, -0.1) is 0 Å². The molecule has 0 atom stereocenters. The molecule has 134 valence electrons. The predicted octanol–water partition coefficient (Wildman–Crippen LogP) is 3.32. The number of carbonyl (C=O) groups is 1. The summed E-state index contributed by atoms with van der Waals surface area (Å²) in [6.07, 6.45) is 0. The maximum Gasteiger partial charge on any atom is 0.341 e. The van der Waals surface area contributed by atoms with Gasteiger partial charge in [0.1, 0.15) is 5.75 Å². The fourth-order valence-electron chi connectivity index (χ4n) is 2.11. The topological polar surface area (TPSA) is 72.5 Å². The Kier molecular flexibility index (Phi) is 5.73. The van der Waals surface area contributed by atoms with Crippen LogP contribution in [0.3, 0.4) is 0 Å². The number of para-hydroxylation sites is 1. The fourth-order valence-corrected chi connectivity index (χ4v) is 2.99. The SMILES string of the molecule is Cc1ccc(C)c(OCC(=O)Nc2ccccc2S(=O)(=O)C(F)F)c1. The second-order valence-corrected chi connectivity index (χ2v) is 7.29. The highest BCUT2D eigenvalue weighted by Crippen LogP contribution is 2.26. The number of carbonyl (C=O) groups excluding carboxylic acids is 1. The lowest BCUT2D eigenvalue weighted by atomic mass is 10.1. The number of rotatable bonds is 6. The molecule has 0 aliphatic rings. The molecule has 1 amide bonds. The Hall–Kier alpha value is -2.48. The summed E-state index contributed by atoms with van der Waals surface area (Å²) in [5.74, 6) is -3.71. The zero-order valence-electron chi connectivity index (χ0n) is 13.6. The molecule has 0 saturated carbocycles. The lowest BCUT2D eigenvalue weighted by Crippen LogP contribution is -2.22. The average molecular weight is 369 g/mol. The van der Waals surface area contributed by atoms with E-state index in [1.807, 2.05) is 26.0 Å². The van der Waals surface area contributed by atoms with E-state index < -0.39 is 26.4 Å². The molecule has 2 aromatic rings. The van der Waals surface area contributed by atoms with E-state index in [1.54, 1.807) is 6.07 Å². The average Bonchev–Trinajstić information content (AvgIpc) is 2.56. The van der Waals surface area contributed by atoms with Crippen molar-refractivity contribution in [3.05, 3.63) is 53.6 Å². The quantitative estimate of drug-likeness (QED) is 0.848. The van der Waals surface area contributed by atoms with E-state index in [0.29, 0.717) is 5.75 Å². The summed E-state index contributed by atoms with van der Waals surface area (Å²) >= 11 is 0. The Morgan fingerprint density at radius 3 is 2.52 bits per heavy atom. The summed E-state index contributed by atoms with van der Waals surface area (Å²) in [6.45, 7) is 3.31. The van der Waals surface area contributed by atoms with Gasteiger partial charge in [0.05, 0.1) is 10.6 Å². The molecule has 0 unspecified atom stereocenters. The maximum atomic E-state index is 12.7. The number of amides is 1. The molecule has 0 fully saturated rings. The van der Waals surface area contributed by atoms with Gasteiger partial charge in [-0.25, -0.2) is 8.42 Å². The largest absolute Gasteiger partial charge is 0.483 e. The van der Waals surface area contributed by atoms with Gasteiger partial charge < -0.3 is 10.1 Å². The molecular formula is C17H17F2NO4S. The van der Waals surface area contributed by atoms with Crippen molar-refractivity contribution < 1.29 is 26.7 Å². The number of anilines is 1. The van der Waals surface area contributed by atoms with E-state index in [0.717, 1.165) is 17.2 Å². The number of nitrogens with one attached hydrogen (secondary N) is 1. The van der Waals surface area contributed by atoms with Crippen LogP contribution in [0.5, 0.6) is 5.75 Å². The van der Waals surface area contributed by atoms with Crippen molar-refractivity contribution in [1.29, 1.82) is 0 Å². The molecule has 2 aromatic carbocycles. The first-order valence-corrected chi connectivity index (χ1v) is 8.87. The standard InChI is InChI=1S/C17H17F2NO4S/c1-11-7-8-12(2)14(9-11)24-10-16(21)20-13-5-3-4-6-15(13)25(22,23)17(18)19/h3-9,17H,10H2,1-2H3,(H,20,21). The van der Waals surface area contributed by atoms with Gasteiger partial charge in [0.2, 0.25) is 9.84 Å². The number of benzene rings is 2. The van der Waals surface area contributed by atoms with Crippen molar-refractivity contribution in [2.45, 2.75) is 24.5 Å². The maximum absolute atomic E-state index is 12.7. The Morgan fingerprint density at radius 2 is 1.84 bits per heavy atom. The van der Waals surface area contributed by atoms with Crippen molar-refractivity contribution >= 4 is 21.4 Å². The van der Waals surface area contributed by atoms with Crippen molar-refractivity contribution in [1.82, 2.24) is 0 Å². The van der Waals surface area contributed by atoms with Crippen LogP contribution in [0.2, 0.25) is 0 Å². The van der Waals surface area contributed by atoms with E-state index >= 15 is 0 Å². The molecule has 0 heterocycles. The third kappa shape index (κ3) is 4.54. The lowest BCUT2D eigenvalue weighted by molar-refractivity contribution is -0.118. The third-order valence-corrected chi connectivity index (χ3v) is 4.84.